The minimum Gasteiger partial charge on any atom is -0.478 e. The first-order valence-electron chi connectivity index (χ1n) is 4.82. The molecule has 1 saturated carbocycles. The predicted molar refractivity (Wildman–Crippen MR) is 54.2 cm³/mol. The molecule has 1 fully saturated rings. The highest BCUT2D eigenvalue weighted by Crippen LogP contribution is 2.59. The van der Waals surface area contributed by atoms with Crippen molar-refractivity contribution < 1.29 is 19.4 Å². The van der Waals surface area contributed by atoms with Crippen LogP contribution in [0.25, 0.3) is 0 Å². The van der Waals surface area contributed by atoms with Gasteiger partial charge in [0.15, 0.2) is 0 Å². The highest BCUT2D eigenvalue weighted by molar-refractivity contribution is 5.86. The maximum Gasteiger partial charge on any atom is 0.330 e. The zero-order valence-electron chi connectivity index (χ0n) is 9.40. The van der Waals surface area contributed by atoms with Crippen LogP contribution >= 0.6 is 0 Å². The van der Waals surface area contributed by atoms with Crippen LogP contribution < -0.4 is 0 Å². The van der Waals surface area contributed by atoms with Crippen LogP contribution in [0.5, 0.6) is 0 Å². The fourth-order valence-corrected chi connectivity index (χ4v) is 1.91. The van der Waals surface area contributed by atoms with Crippen LogP contribution in [0.2, 0.25) is 0 Å². The molecule has 0 aromatic heterocycles. The van der Waals surface area contributed by atoms with E-state index < -0.39 is 5.97 Å². The minimum absolute atomic E-state index is 0.0268. The molecule has 1 N–H and O–H groups in total. The van der Waals surface area contributed by atoms with Crippen molar-refractivity contribution in [3.63, 3.8) is 0 Å². The van der Waals surface area contributed by atoms with E-state index >= 15 is 0 Å². The highest BCUT2D eigenvalue weighted by Gasteiger charge is 2.61. The largest absolute Gasteiger partial charge is 0.478 e. The van der Waals surface area contributed by atoms with Crippen LogP contribution in [0.4, 0.5) is 0 Å². The van der Waals surface area contributed by atoms with Crippen LogP contribution in [-0.4, -0.2) is 24.2 Å². The average molecular weight is 212 g/mol. The Morgan fingerprint density at radius 1 is 1.40 bits per heavy atom. The van der Waals surface area contributed by atoms with E-state index in [2.05, 4.69) is 4.74 Å². The van der Waals surface area contributed by atoms with Gasteiger partial charge >= 0.3 is 11.9 Å². The van der Waals surface area contributed by atoms with Gasteiger partial charge in [-0.25, -0.2) is 4.79 Å². The normalized spacial score (nSPS) is 28.4. The van der Waals surface area contributed by atoms with Crippen LogP contribution in [-0.2, 0) is 14.3 Å². The van der Waals surface area contributed by atoms with Crippen molar-refractivity contribution in [1.29, 1.82) is 0 Å². The summed E-state index contributed by atoms with van der Waals surface area (Å²) >= 11 is 0. The molecule has 84 valence electrons. The first-order chi connectivity index (χ1) is 6.82. The fourth-order valence-electron chi connectivity index (χ4n) is 1.91. The number of carbonyl (C=O) groups is 2. The average Bonchev–Trinajstić information content (AvgIpc) is 2.67. The van der Waals surface area contributed by atoms with Crippen molar-refractivity contribution in [1.82, 2.24) is 0 Å². The maximum absolute atomic E-state index is 11.4. The quantitative estimate of drug-likeness (QED) is 0.568. The minimum atomic E-state index is -0.943. The van der Waals surface area contributed by atoms with Crippen LogP contribution in [0.3, 0.4) is 0 Å². The number of carboxylic acid groups (broad SMARTS) is 1. The second kappa shape index (κ2) is 3.68. The summed E-state index contributed by atoms with van der Waals surface area (Å²) in [5.74, 6) is -1.45. The summed E-state index contributed by atoms with van der Waals surface area (Å²) in [5.41, 5.74) is 0.0866. The summed E-state index contributed by atoms with van der Waals surface area (Å²) in [6.45, 7) is 5.40. The van der Waals surface area contributed by atoms with E-state index in [1.165, 1.54) is 14.0 Å². The van der Waals surface area contributed by atoms with Crippen molar-refractivity contribution in [3.8, 4) is 0 Å². The van der Waals surface area contributed by atoms with Gasteiger partial charge in [-0.2, -0.15) is 0 Å². The molecule has 4 heteroatoms. The van der Waals surface area contributed by atoms with E-state index in [0.717, 1.165) is 0 Å². The molecular weight excluding hydrogens is 196 g/mol. The van der Waals surface area contributed by atoms with Gasteiger partial charge in [-0.05, 0) is 18.3 Å². The van der Waals surface area contributed by atoms with E-state index in [-0.39, 0.29) is 28.8 Å². The number of allylic oxidation sites excluding steroid dienone is 1. The SMILES string of the molecule is COC(=O)[C@@H]1[C@@H](C=C(C)C(=O)O)C1(C)C. The monoisotopic (exact) mass is 212 g/mol. The summed E-state index contributed by atoms with van der Waals surface area (Å²) in [5, 5.41) is 8.73. The second-order valence-electron chi connectivity index (χ2n) is 4.50. The first-order valence-corrected chi connectivity index (χ1v) is 4.82. The molecule has 0 radical (unpaired) electrons. The lowest BCUT2D eigenvalue weighted by atomic mass is 10.1. The first kappa shape index (κ1) is 11.8. The van der Waals surface area contributed by atoms with Crippen molar-refractivity contribution in [2.24, 2.45) is 17.3 Å². The molecule has 0 aliphatic heterocycles. The molecule has 1 aliphatic carbocycles. The number of hydrogen-bond donors (Lipinski definition) is 1. The molecule has 0 unspecified atom stereocenters. The van der Waals surface area contributed by atoms with E-state index in [4.69, 9.17) is 5.11 Å². The highest BCUT2D eigenvalue weighted by atomic mass is 16.5. The molecule has 1 rings (SSSR count). The molecule has 15 heavy (non-hydrogen) atoms. The number of ether oxygens (including phenoxy) is 1. The standard InChI is InChI=1S/C11H16O4/c1-6(9(12)13)5-7-8(10(14)15-4)11(7,2)3/h5,7-8H,1-4H3,(H,12,13)/t7-,8+/m1/s1. The molecule has 0 aromatic carbocycles. The Kier molecular flexibility index (Phi) is 2.88. The predicted octanol–water partition coefficient (Wildman–Crippen LogP) is 1.46. The molecule has 0 saturated heterocycles. The van der Waals surface area contributed by atoms with E-state index in [1.54, 1.807) is 6.08 Å². The molecule has 0 bridgehead atoms. The Hall–Kier alpha value is -1.32. The van der Waals surface area contributed by atoms with Gasteiger partial charge in [0.05, 0.1) is 13.0 Å². The second-order valence-corrected chi connectivity index (χ2v) is 4.50. The number of methoxy groups -OCH3 is 1. The Morgan fingerprint density at radius 3 is 2.33 bits per heavy atom. The van der Waals surface area contributed by atoms with Gasteiger partial charge in [-0.1, -0.05) is 19.9 Å². The van der Waals surface area contributed by atoms with Crippen molar-refractivity contribution in [2.45, 2.75) is 20.8 Å². The van der Waals surface area contributed by atoms with Crippen molar-refractivity contribution in [3.05, 3.63) is 11.6 Å². The zero-order valence-corrected chi connectivity index (χ0v) is 9.40. The topological polar surface area (TPSA) is 63.6 Å². The summed E-state index contributed by atoms with van der Waals surface area (Å²) in [6.07, 6.45) is 1.64. The zero-order chi connectivity index (χ0) is 11.8. The van der Waals surface area contributed by atoms with E-state index in [1.807, 2.05) is 13.8 Å². The van der Waals surface area contributed by atoms with E-state index in [9.17, 15) is 9.59 Å². The molecule has 4 nitrogen and oxygen atoms in total. The molecule has 0 heterocycles. The molecule has 0 amide bonds. The summed E-state index contributed by atoms with van der Waals surface area (Å²) in [6, 6.07) is 0. The molecule has 0 spiro atoms. The Labute approximate surface area is 88.9 Å². The lowest BCUT2D eigenvalue weighted by Crippen LogP contribution is -2.07. The molecule has 0 aromatic rings. The van der Waals surface area contributed by atoms with Crippen molar-refractivity contribution in [2.75, 3.05) is 7.11 Å². The van der Waals surface area contributed by atoms with Crippen LogP contribution in [0.1, 0.15) is 20.8 Å². The van der Waals surface area contributed by atoms with Crippen molar-refractivity contribution >= 4 is 11.9 Å². The fraction of sp³-hybridized carbons (Fsp3) is 0.636. The smallest absolute Gasteiger partial charge is 0.330 e. The summed E-state index contributed by atoms with van der Waals surface area (Å²) < 4.78 is 4.67. The van der Waals surface area contributed by atoms with Crippen LogP contribution in [0.15, 0.2) is 11.6 Å². The maximum atomic E-state index is 11.4. The number of carboxylic acids is 1. The van der Waals surface area contributed by atoms with Gasteiger partial charge in [0.25, 0.3) is 0 Å². The Balaban J connectivity index is 2.79. The summed E-state index contributed by atoms with van der Waals surface area (Å²) in [7, 11) is 1.35. The summed E-state index contributed by atoms with van der Waals surface area (Å²) in [4.78, 5) is 22.0. The van der Waals surface area contributed by atoms with Gasteiger partial charge in [-0.15, -0.1) is 0 Å². The number of aliphatic carboxylic acids is 1. The third-order valence-corrected chi connectivity index (χ3v) is 3.13. The van der Waals surface area contributed by atoms with E-state index in [0.29, 0.717) is 0 Å². The van der Waals surface area contributed by atoms with Gasteiger partial charge in [0.2, 0.25) is 0 Å². The lowest BCUT2D eigenvalue weighted by Gasteiger charge is -1.99. The van der Waals surface area contributed by atoms with Gasteiger partial charge in [-0.3, -0.25) is 4.79 Å². The Bertz CT molecular complexity index is 327. The number of rotatable bonds is 3. The van der Waals surface area contributed by atoms with Crippen LogP contribution in [0, 0.1) is 17.3 Å². The number of carbonyl (C=O) groups excluding carboxylic acids is 1. The lowest BCUT2D eigenvalue weighted by molar-refractivity contribution is -0.143. The molecule has 1 aliphatic rings. The number of esters is 1. The Morgan fingerprint density at radius 2 is 1.93 bits per heavy atom. The van der Waals surface area contributed by atoms with Gasteiger partial charge < -0.3 is 9.84 Å². The third-order valence-electron chi connectivity index (χ3n) is 3.13. The molecule has 2 atom stereocenters. The van der Waals surface area contributed by atoms with Gasteiger partial charge in [0.1, 0.15) is 0 Å². The van der Waals surface area contributed by atoms with Gasteiger partial charge in [0, 0.05) is 5.57 Å². The molecular formula is C11H16O4. The third kappa shape index (κ3) is 2.03. The number of hydrogen-bond acceptors (Lipinski definition) is 3.